The number of amides is 1. The minimum Gasteiger partial charge on any atom is -0.484 e. The number of nitrogens with zero attached hydrogens (tertiary/aromatic N) is 1. The van der Waals surface area contributed by atoms with Crippen LogP contribution in [0.5, 0.6) is 5.75 Å². The van der Waals surface area contributed by atoms with Gasteiger partial charge in [0.05, 0.1) is 5.69 Å². The second kappa shape index (κ2) is 8.05. The van der Waals surface area contributed by atoms with Crippen LogP contribution in [0.4, 0.5) is 5.13 Å². The summed E-state index contributed by atoms with van der Waals surface area (Å²) in [6, 6.07) is 18.1. The van der Waals surface area contributed by atoms with Crippen molar-refractivity contribution >= 4 is 33.1 Å². The minimum atomic E-state index is -0.226. The zero-order valence-corrected chi connectivity index (χ0v) is 17.5. The van der Waals surface area contributed by atoms with Crippen molar-refractivity contribution in [3.63, 3.8) is 0 Å². The highest BCUT2D eigenvalue weighted by Crippen LogP contribution is 2.31. The number of carbonyl (C=O) groups excluding carboxylic acids is 1. The van der Waals surface area contributed by atoms with Gasteiger partial charge in [-0.05, 0) is 54.8 Å². The Kier molecular flexibility index (Phi) is 5.32. The first-order valence-electron chi connectivity index (χ1n) is 9.45. The Labute approximate surface area is 174 Å². The lowest BCUT2D eigenvalue weighted by molar-refractivity contribution is -0.118. The van der Waals surface area contributed by atoms with Gasteiger partial charge in [-0.25, -0.2) is 4.98 Å². The Morgan fingerprint density at radius 2 is 1.72 bits per heavy atom. The molecule has 4 aromatic rings. The van der Waals surface area contributed by atoms with Crippen LogP contribution in [0.2, 0.25) is 0 Å². The van der Waals surface area contributed by atoms with Gasteiger partial charge in [-0.2, -0.15) is 0 Å². The molecule has 1 aromatic heterocycles. The van der Waals surface area contributed by atoms with E-state index in [-0.39, 0.29) is 12.5 Å². The molecule has 0 aliphatic rings. The van der Waals surface area contributed by atoms with E-state index in [2.05, 4.69) is 43.2 Å². The molecule has 1 heterocycles. The molecule has 1 amide bonds. The van der Waals surface area contributed by atoms with E-state index in [1.165, 1.54) is 28.0 Å². The summed E-state index contributed by atoms with van der Waals surface area (Å²) in [6.07, 6.45) is 0. The normalized spacial score (nSPS) is 10.9. The van der Waals surface area contributed by atoms with E-state index in [1.54, 1.807) is 0 Å². The van der Waals surface area contributed by atoms with Crippen LogP contribution in [0, 0.1) is 20.8 Å². The van der Waals surface area contributed by atoms with Crippen molar-refractivity contribution in [3.05, 3.63) is 76.7 Å². The average Bonchev–Trinajstić information content (AvgIpc) is 3.13. The van der Waals surface area contributed by atoms with Crippen molar-refractivity contribution in [1.29, 1.82) is 0 Å². The van der Waals surface area contributed by atoms with Crippen LogP contribution in [0.1, 0.15) is 16.7 Å². The lowest BCUT2D eigenvalue weighted by Crippen LogP contribution is -2.20. The Morgan fingerprint density at radius 3 is 2.48 bits per heavy atom. The van der Waals surface area contributed by atoms with E-state index in [0.717, 1.165) is 22.0 Å². The molecule has 4 nitrogen and oxygen atoms in total. The maximum absolute atomic E-state index is 12.3. The van der Waals surface area contributed by atoms with E-state index in [9.17, 15) is 4.79 Å². The molecule has 3 aromatic carbocycles. The third-order valence-electron chi connectivity index (χ3n) is 4.77. The Hall–Kier alpha value is -3.18. The summed E-state index contributed by atoms with van der Waals surface area (Å²) in [5.41, 5.74) is 5.62. The molecular formula is C24H22N2O2S. The molecule has 0 aliphatic heterocycles. The van der Waals surface area contributed by atoms with Gasteiger partial charge >= 0.3 is 0 Å². The third-order valence-corrected chi connectivity index (χ3v) is 5.53. The Morgan fingerprint density at radius 1 is 1.00 bits per heavy atom. The molecule has 0 unspecified atom stereocenters. The van der Waals surface area contributed by atoms with Crippen LogP contribution in [0.25, 0.3) is 22.0 Å². The number of aromatic nitrogens is 1. The van der Waals surface area contributed by atoms with Crippen molar-refractivity contribution in [2.45, 2.75) is 20.8 Å². The van der Waals surface area contributed by atoms with Gasteiger partial charge in [0.2, 0.25) is 0 Å². The number of hydrogen-bond donors (Lipinski definition) is 1. The monoisotopic (exact) mass is 402 g/mol. The Balaban J connectivity index is 1.41. The number of aryl methyl sites for hydroxylation is 3. The highest BCUT2D eigenvalue weighted by atomic mass is 32.1. The van der Waals surface area contributed by atoms with Crippen molar-refractivity contribution in [2.75, 3.05) is 11.9 Å². The molecular weight excluding hydrogens is 380 g/mol. The summed E-state index contributed by atoms with van der Waals surface area (Å²) in [5, 5.41) is 7.61. The van der Waals surface area contributed by atoms with Crippen LogP contribution in [0.3, 0.4) is 0 Å². The lowest BCUT2D eigenvalue weighted by Gasteiger charge is -2.09. The molecule has 0 atom stereocenters. The first-order chi connectivity index (χ1) is 14.0. The maximum Gasteiger partial charge on any atom is 0.264 e. The summed E-state index contributed by atoms with van der Waals surface area (Å²) in [5.74, 6) is 0.445. The smallest absolute Gasteiger partial charge is 0.264 e. The second-order valence-electron chi connectivity index (χ2n) is 7.16. The second-order valence-corrected chi connectivity index (χ2v) is 8.02. The average molecular weight is 403 g/mol. The van der Waals surface area contributed by atoms with E-state index in [4.69, 9.17) is 4.74 Å². The van der Waals surface area contributed by atoms with Crippen LogP contribution in [-0.4, -0.2) is 17.5 Å². The summed E-state index contributed by atoms with van der Waals surface area (Å²) >= 11 is 1.42. The topological polar surface area (TPSA) is 51.2 Å². The van der Waals surface area contributed by atoms with Crippen LogP contribution in [0.15, 0.2) is 60.0 Å². The minimum absolute atomic E-state index is 0.0597. The number of hydrogen-bond acceptors (Lipinski definition) is 4. The van der Waals surface area contributed by atoms with Gasteiger partial charge in [0.1, 0.15) is 5.75 Å². The fourth-order valence-corrected chi connectivity index (χ4v) is 4.31. The molecule has 0 saturated heterocycles. The van der Waals surface area contributed by atoms with Crippen LogP contribution in [-0.2, 0) is 4.79 Å². The highest BCUT2D eigenvalue weighted by Gasteiger charge is 2.12. The lowest BCUT2D eigenvalue weighted by atomic mass is 9.98. The van der Waals surface area contributed by atoms with Gasteiger partial charge in [0.25, 0.3) is 5.91 Å². The molecule has 0 bridgehead atoms. The molecule has 29 heavy (non-hydrogen) atoms. The molecule has 1 N–H and O–H groups in total. The summed E-state index contributed by atoms with van der Waals surface area (Å²) in [6.45, 7) is 6.20. The van der Waals surface area contributed by atoms with Gasteiger partial charge in [0.15, 0.2) is 11.7 Å². The fourth-order valence-electron chi connectivity index (χ4n) is 3.59. The molecule has 0 saturated carbocycles. The van der Waals surface area contributed by atoms with Gasteiger partial charge < -0.3 is 4.74 Å². The van der Waals surface area contributed by atoms with E-state index in [0.29, 0.717) is 10.9 Å². The fraction of sp³-hybridized carbons (Fsp3) is 0.167. The molecule has 0 spiro atoms. The van der Waals surface area contributed by atoms with Crippen LogP contribution >= 0.6 is 11.3 Å². The van der Waals surface area contributed by atoms with Gasteiger partial charge in [-0.15, -0.1) is 11.3 Å². The molecule has 4 rings (SSSR count). The van der Waals surface area contributed by atoms with Gasteiger partial charge in [0, 0.05) is 10.9 Å². The quantitative estimate of drug-likeness (QED) is 0.452. The van der Waals surface area contributed by atoms with Crippen molar-refractivity contribution in [1.82, 2.24) is 4.98 Å². The predicted octanol–water partition coefficient (Wildman–Crippen LogP) is 5.91. The molecule has 146 valence electrons. The number of thiazole rings is 1. The number of carbonyl (C=O) groups is 1. The molecule has 0 fully saturated rings. The van der Waals surface area contributed by atoms with E-state index >= 15 is 0 Å². The summed E-state index contributed by atoms with van der Waals surface area (Å²) < 4.78 is 5.66. The standard InChI is InChI=1S/C24H22N2O2S/c1-15-10-16(2)23(17(3)11-15)21-14-29-24(25-21)26-22(27)13-28-20-9-8-18-6-4-5-7-19(18)12-20/h4-12,14H,13H2,1-3H3,(H,25,26,27). The number of nitrogens with one attached hydrogen (secondary N) is 1. The predicted molar refractivity (Wildman–Crippen MR) is 120 cm³/mol. The summed E-state index contributed by atoms with van der Waals surface area (Å²) in [4.78, 5) is 16.9. The molecule has 0 aliphatic carbocycles. The maximum atomic E-state index is 12.3. The number of rotatable bonds is 5. The van der Waals surface area contributed by atoms with Crippen LogP contribution < -0.4 is 10.1 Å². The summed E-state index contributed by atoms with van der Waals surface area (Å²) in [7, 11) is 0. The number of anilines is 1. The molecule has 0 radical (unpaired) electrons. The number of benzene rings is 3. The highest BCUT2D eigenvalue weighted by molar-refractivity contribution is 7.14. The first kappa shape index (κ1) is 19.2. The number of fused-ring (bicyclic) bond motifs is 1. The third kappa shape index (κ3) is 4.30. The zero-order valence-electron chi connectivity index (χ0n) is 16.7. The number of ether oxygens (including phenoxy) is 1. The largest absolute Gasteiger partial charge is 0.484 e. The molecule has 5 heteroatoms. The van der Waals surface area contributed by atoms with Gasteiger partial charge in [-0.3, -0.25) is 10.1 Å². The van der Waals surface area contributed by atoms with Gasteiger partial charge in [-0.1, -0.05) is 48.0 Å². The zero-order chi connectivity index (χ0) is 20.4. The van der Waals surface area contributed by atoms with Crippen molar-refractivity contribution < 1.29 is 9.53 Å². The van der Waals surface area contributed by atoms with E-state index in [1.807, 2.05) is 47.8 Å². The first-order valence-corrected chi connectivity index (χ1v) is 10.3. The Bertz CT molecular complexity index is 1170. The van der Waals surface area contributed by atoms with E-state index < -0.39 is 0 Å². The SMILES string of the molecule is Cc1cc(C)c(-c2csc(NC(=O)COc3ccc4ccccc4c3)n2)c(C)c1. The van der Waals surface area contributed by atoms with Crippen molar-refractivity contribution in [3.8, 4) is 17.0 Å². The van der Waals surface area contributed by atoms with Crippen molar-refractivity contribution in [2.24, 2.45) is 0 Å².